The highest BCUT2D eigenvalue weighted by molar-refractivity contribution is 5.92. The maximum absolute atomic E-state index is 11.7. The summed E-state index contributed by atoms with van der Waals surface area (Å²) in [5.41, 5.74) is 8.02. The maximum Gasteiger partial charge on any atom is 0.338 e. The van der Waals surface area contributed by atoms with E-state index in [0.29, 0.717) is 23.9 Å². The second kappa shape index (κ2) is 5.95. The predicted octanol–water partition coefficient (Wildman–Crippen LogP) is 3.05. The van der Waals surface area contributed by atoms with Crippen LogP contribution in [-0.4, -0.2) is 18.6 Å². The number of nitrogens with one attached hydrogen (secondary N) is 1. The van der Waals surface area contributed by atoms with Gasteiger partial charge in [0.2, 0.25) is 0 Å². The average molecular weight is 262 g/mol. The molecule has 0 bridgehead atoms. The molecule has 0 radical (unpaired) electrons. The summed E-state index contributed by atoms with van der Waals surface area (Å²) in [4.78, 5) is 11.7. The van der Waals surface area contributed by atoms with Crippen LogP contribution in [0.25, 0.3) is 0 Å². The van der Waals surface area contributed by atoms with Gasteiger partial charge in [-0.1, -0.05) is 6.92 Å². The molecule has 0 amide bonds. The molecule has 3 N–H and O–H groups in total. The number of ether oxygens (including phenoxy) is 1. The lowest BCUT2D eigenvalue weighted by Crippen LogP contribution is -2.17. The molecule has 1 aromatic rings. The molecule has 19 heavy (non-hydrogen) atoms. The van der Waals surface area contributed by atoms with Gasteiger partial charge < -0.3 is 15.8 Å². The molecule has 1 aliphatic carbocycles. The first-order valence-electron chi connectivity index (χ1n) is 6.93. The van der Waals surface area contributed by atoms with E-state index in [9.17, 15) is 4.79 Å². The summed E-state index contributed by atoms with van der Waals surface area (Å²) in [6, 6.07) is 5.70. The third kappa shape index (κ3) is 3.40. The third-order valence-electron chi connectivity index (χ3n) is 3.62. The molecular weight excluding hydrogens is 240 g/mol. The lowest BCUT2D eigenvalue weighted by atomic mass is 10.1. The number of benzene rings is 1. The van der Waals surface area contributed by atoms with Gasteiger partial charge in [-0.05, 0) is 50.3 Å². The number of nitrogens with two attached hydrogens (primary N) is 1. The van der Waals surface area contributed by atoms with Crippen molar-refractivity contribution in [2.24, 2.45) is 5.92 Å². The summed E-state index contributed by atoms with van der Waals surface area (Å²) in [7, 11) is 0. The monoisotopic (exact) mass is 262 g/mol. The zero-order chi connectivity index (χ0) is 13.8. The highest BCUT2D eigenvalue weighted by Gasteiger charge is 2.21. The number of nitrogen functional groups attached to an aromatic ring is 1. The van der Waals surface area contributed by atoms with Crippen molar-refractivity contribution in [2.75, 3.05) is 17.7 Å². The number of hydrogen-bond donors (Lipinski definition) is 2. The summed E-state index contributed by atoms with van der Waals surface area (Å²) in [5, 5.41) is 3.44. The van der Waals surface area contributed by atoms with Crippen molar-refractivity contribution in [3.8, 4) is 0 Å². The number of esters is 1. The Morgan fingerprint density at radius 1 is 1.47 bits per heavy atom. The molecule has 0 heterocycles. The summed E-state index contributed by atoms with van der Waals surface area (Å²) in [5.74, 6) is 0.456. The minimum absolute atomic E-state index is 0.301. The molecule has 1 fully saturated rings. The van der Waals surface area contributed by atoms with Crippen molar-refractivity contribution in [1.29, 1.82) is 0 Å². The number of rotatable bonds is 4. The Balaban J connectivity index is 2.10. The number of carbonyl (C=O) groups is 1. The lowest BCUT2D eigenvalue weighted by Gasteiger charge is -2.16. The molecule has 1 saturated carbocycles. The fraction of sp³-hybridized carbons (Fsp3) is 0.533. The predicted molar refractivity (Wildman–Crippen MR) is 77.2 cm³/mol. The van der Waals surface area contributed by atoms with Crippen LogP contribution in [-0.2, 0) is 4.74 Å². The maximum atomic E-state index is 11.7. The fourth-order valence-corrected chi connectivity index (χ4v) is 2.58. The molecule has 2 rings (SSSR count). The zero-order valence-corrected chi connectivity index (χ0v) is 11.6. The topological polar surface area (TPSA) is 64.3 Å². The molecule has 2 unspecified atom stereocenters. The Bertz CT molecular complexity index is 459. The molecule has 4 nitrogen and oxygen atoms in total. The smallest absolute Gasteiger partial charge is 0.338 e. The highest BCUT2D eigenvalue weighted by atomic mass is 16.5. The van der Waals surface area contributed by atoms with Gasteiger partial charge in [0, 0.05) is 6.04 Å². The number of anilines is 2. The Labute approximate surface area is 114 Å². The summed E-state index contributed by atoms with van der Waals surface area (Å²) >= 11 is 0. The van der Waals surface area contributed by atoms with Crippen molar-refractivity contribution < 1.29 is 9.53 Å². The van der Waals surface area contributed by atoms with E-state index in [1.165, 1.54) is 6.42 Å². The van der Waals surface area contributed by atoms with Gasteiger partial charge in [-0.3, -0.25) is 0 Å². The molecule has 1 aromatic carbocycles. The number of carbonyl (C=O) groups excluding carboxylic acids is 1. The first-order valence-corrected chi connectivity index (χ1v) is 6.93. The standard InChI is InChI=1S/C15H22N2O2/c1-3-19-15(18)11-5-7-13(16)14(9-11)17-12-6-4-10(2)8-12/h5,7,9-10,12,17H,3-4,6,8,16H2,1-2H3. The molecule has 2 atom stereocenters. The second-order valence-electron chi connectivity index (χ2n) is 5.28. The average Bonchev–Trinajstić information content (AvgIpc) is 2.78. The van der Waals surface area contributed by atoms with E-state index in [1.807, 2.05) is 0 Å². The van der Waals surface area contributed by atoms with Crippen LogP contribution in [0.3, 0.4) is 0 Å². The Morgan fingerprint density at radius 2 is 2.26 bits per heavy atom. The normalized spacial score (nSPS) is 22.2. The molecule has 0 aromatic heterocycles. The number of hydrogen-bond acceptors (Lipinski definition) is 4. The van der Waals surface area contributed by atoms with Crippen molar-refractivity contribution in [1.82, 2.24) is 0 Å². The van der Waals surface area contributed by atoms with Gasteiger partial charge in [-0.2, -0.15) is 0 Å². The van der Waals surface area contributed by atoms with E-state index in [0.717, 1.165) is 24.4 Å². The molecule has 104 valence electrons. The Kier molecular flexibility index (Phi) is 4.30. The quantitative estimate of drug-likeness (QED) is 0.646. The second-order valence-corrected chi connectivity index (χ2v) is 5.28. The Hall–Kier alpha value is -1.71. The van der Waals surface area contributed by atoms with E-state index >= 15 is 0 Å². The molecule has 0 saturated heterocycles. The summed E-state index contributed by atoms with van der Waals surface area (Å²) in [6.07, 6.45) is 3.56. The zero-order valence-electron chi connectivity index (χ0n) is 11.6. The van der Waals surface area contributed by atoms with E-state index in [4.69, 9.17) is 10.5 Å². The van der Waals surface area contributed by atoms with Crippen LogP contribution >= 0.6 is 0 Å². The molecule has 0 aliphatic heterocycles. The van der Waals surface area contributed by atoms with E-state index < -0.39 is 0 Å². The van der Waals surface area contributed by atoms with Crippen molar-refractivity contribution in [3.05, 3.63) is 23.8 Å². The van der Waals surface area contributed by atoms with E-state index in [2.05, 4.69) is 12.2 Å². The van der Waals surface area contributed by atoms with Gasteiger partial charge in [0.15, 0.2) is 0 Å². The Morgan fingerprint density at radius 3 is 2.89 bits per heavy atom. The van der Waals surface area contributed by atoms with Crippen LogP contribution in [0.1, 0.15) is 43.5 Å². The molecule has 1 aliphatic rings. The van der Waals surface area contributed by atoms with Gasteiger partial charge >= 0.3 is 5.97 Å². The first kappa shape index (κ1) is 13.7. The van der Waals surface area contributed by atoms with Crippen molar-refractivity contribution in [2.45, 2.75) is 39.2 Å². The molecular formula is C15H22N2O2. The van der Waals surface area contributed by atoms with Crippen LogP contribution in [0.5, 0.6) is 0 Å². The van der Waals surface area contributed by atoms with Gasteiger partial charge in [0.1, 0.15) is 0 Å². The van der Waals surface area contributed by atoms with Crippen LogP contribution in [0.15, 0.2) is 18.2 Å². The van der Waals surface area contributed by atoms with Crippen LogP contribution in [0.4, 0.5) is 11.4 Å². The van der Waals surface area contributed by atoms with Crippen molar-refractivity contribution in [3.63, 3.8) is 0 Å². The third-order valence-corrected chi connectivity index (χ3v) is 3.62. The largest absolute Gasteiger partial charge is 0.462 e. The van der Waals surface area contributed by atoms with Gasteiger partial charge in [0.25, 0.3) is 0 Å². The van der Waals surface area contributed by atoms with E-state index in [1.54, 1.807) is 25.1 Å². The van der Waals surface area contributed by atoms with Crippen LogP contribution in [0.2, 0.25) is 0 Å². The minimum Gasteiger partial charge on any atom is -0.462 e. The first-order chi connectivity index (χ1) is 9.10. The van der Waals surface area contributed by atoms with Crippen molar-refractivity contribution >= 4 is 17.3 Å². The summed E-state index contributed by atoms with van der Waals surface area (Å²) < 4.78 is 5.00. The van der Waals surface area contributed by atoms with E-state index in [-0.39, 0.29) is 5.97 Å². The molecule has 4 heteroatoms. The van der Waals surface area contributed by atoms with Gasteiger partial charge in [-0.25, -0.2) is 4.79 Å². The van der Waals surface area contributed by atoms with Crippen LogP contribution < -0.4 is 11.1 Å². The van der Waals surface area contributed by atoms with Crippen LogP contribution in [0, 0.1) is 5.92 Å². The van der Waals surface area contributed by atoms with Gasteiger partial charge in [0.05, 0.1) is 23.5 Å². The molecule has 0 spiro atoms. The minimum atomic E-state index is -0.301. The highest BCUT2D eigenvalue weighted by Crippen LogP contribution is 2.30. The fourth-order valence-electron chi connectivity index (χ4n) is 2.58. The van der Waals surface area contributed by atoms with Gasteiger partial charge in [-0.15, -0.1) is 0 Å². The summed E-state index contributed by atoms with van der Waals surface area (Å²) in [6.45, 7) is 4.44. The lowest BCUT2D eigenvalue weighted by molar-refractivity contribution is 0.0526. The SMILES string of the molecule is CCOC(=O)c1ccc(N)c(NC2CCC(C)C2)c1.